The number of hydrogen-bond acceptors (Lipinski definition) is 3. The van der Waals surface area contributed by atoms with Crippen LogP contribution in [0.25, 0.3) is 44.2 Å². The van der Waals surface area contributed by atoms with Crippen LogP contribution < -0.4 is 9.64 Å². The van der Waals surface area contributed by atoms with Crippen LogP contribution >= 0.6 is 0 Å². The normalized spacial score (nSPS) is 15.0. The summed E-state index contributed by atoms with van der Waals surface area (Å²) in [5.74, 6) is 1.80. The van der Waals surface area contributed by atoms with E-state index in [2.05, 4.69) is 224 Å². The summed E-state index contributed by atoms with van der Waals surface area (Å²) in [6.07, 6.45) is 0. The largest absolute Gasteiger partial charge is 0.457 e. The van der Waals surface area contributed by atoms with E-state index in [-0.39, 0.29) is 16.2 Å². The first-order chi connectivity index (χ1) is 30.2. The van der Waals surface area contributed by atoms with Crippen LogP contribution in [0.2, 0.25) is 0 Å². The second-order valence-corrected chi connectivity index (χ2v) is 20.5. The number of rotatable bonds is 3. The van der Waals surface area contributed by atoms with Crippen LogP contribution in [0.1, 0.15) is 99.9 Å². The molecule has 12 rings (SSSR count). The quantitative estimate of drug-likeness (QED) is 0.178. The fraction of sp³-hybridized carbons (Fsp3) is 0.200. The predicted molar refractivity (Wildman–Crippen MR) is 261 cm³/mol. The van der Waals surface area contributed by atoms with Gasteiger partial charge in [-0.05, 0) is 133 Å². The lowest BCUT2D eigenvalue weighted by molar-refractivity contribution is 0.433. The minimum Gasteiger partial charge on any atom is -0.457 e. The van der Waals surface area contributed by atoms with E-state index in [1.807, 2.05) is 0 Å². The summed E-state index contributed by atoms with van der Waals surface area (Å²) in [4.78, 5) is 2.49. The van der Waals surface area contributed by atoms with Gasteiger partial charge < -0.3 is 14.1 Å². The molecule has 0 fully saturated rings. The van der Waals surface area contributed by atoms with Gasteiger partial charge in [0.2, 0.25) is 0 Å². The molecule has 0 amide bonds. The highest BCUT2D eigenvalue weighted by Gasteiger charge is 2.52. The number of furan rings is 1. The number of nitrogens with zero attached hydrogens (tertiary/aromatic N) is 1. The van der Waals surface area contributed by atoms with Gasteiger partial charge in [0.15, 0.2) is 0 Å². The molecule has 3 heteroatoms. The summed E-state index contributed by atoms with van der Waals surface area (Å²) in [5.41, 5.74) is 19.3. The van der Waals surface area contributed by atoms with Crippen LogP contribution in [0.5, 0.6) is 11.5 Å². The van der Waals surface area contributed by atoms with Crippen LogP contribution in [0, 0.1) is 0 Å². The first-order valence-electron chi connectivity index (χ1n) is 22.4. The highest BCUT2D eigenvalue weighted by Crippen LogP contribution is 2.64. The first kappa shape index (κ1) is 37.9. The zero-order valence-electron chi connectivity index (χ0n) is 37.4. The molecule has 3 aliphatic rings. The average molecular weight is 818 g/mol. The predicted octanol–water partition coefficient (Wildman–Crippen LogP) is 16.4. The van der Waals surface area contributed by atoms with Crippen LogP contribution in [-0.4, -0.2) is 0 Å². The third-order valence-electron chi connectivity index (χ3n) is 14.5. The minimum absolute atomic E-state index is 0.0730. The van der Waals surface area contributed by atoms with Gasteiger partial charge in [-0.3, -0.25) is 0 Å². The van der Waals surface area contributed by atoms with Crippen molar-refractivity contribution < 1.29 is 9.15 Å². The average Bonchev–Trinajstić information content (AvgIpc) is 3.87. The molecule has 0 radical (unpaired) electrons. The van der Waals surface area contributed by atoms with Crippen molar-refractivity contribution in [1.29, 1.82) is 0 Å². The molecular weight excluding hydrogens is 767 g/mol. The van der Waals surface area contributed by atoms with Crippen LogP contribution in [0.4, 0.5) is 17.1 Å². The van der Waals surface area contributed by atoms with Crippen LogP contribution in [-0.2, 0) is 21.7 Å². The SMILES string of the molecule is CC(C)(C)c1ccc2c(c1)C1(c3cc(C(C)(C)C)ccc3O2)c2ccccc2-c2ccc(N(c3ccc4c(c3)C(C)(C)c3ccccc3-4)c3cccc4oc5ccccc5c34)cc21. The standard InChI is InChI=1S/C60H51NO2/c1-57(2,3)36-24-30-53-49(32-36)60(50-33-37(58(4,5)6)25-31-54(50)63-53)46-20-13-10-17-41(46)43-29-27-39(35-48(43)60)61(51-21-15-23-55-56(51)44-18-11-14-22-52(44)62-55)38-26-28-42-40-16-9-12-19-45(40)59(7,8)47(42)34-38/h9-35H,1-8H3. The first-order valence-corrected chi connectivity index (χ1v) is 22.4. The Balaban J connectivity index is 1.18. The summed E-state index contributed by atoms with van der Waals surface area (Å²) in [5, 5.41) is 2.20. The van der Waals surface area contributed by atoms with Crippen molar-refractivity contribution in [2.24, 2.45) is 0 Å². The van der Waals surface area contributed by atoms with Gasteiger partial charge in [-0.25, -0.2) is 0 Å². The monoisotopic (exact) mass is 817 g/mol. The molecule has 1 aliphatic heterocycles. The summed E-state index contributed by atoms with van der Waals surface area (Å²) in [7, 11) is 0. The van der Waals surface area contributed by atoms with Crippen LogP contribution in [0.15, 0.2) is 168 Å². The minimum atomic E-state index is -0.658. The lowest BCUT2D eigenvalue weighted by atomic mass is 9.64. The van der Waals surface area contributed by atoms with Crippen molar-refractivity contribution in [1.82, 2.24) is 0 Å². The Bertz CT molecular complexity index is 3320. The van der Waals surface area contributed by atoms with Gasteiger partial charge >= 0.3 is 0 Å². The zero-order valence-corrected chi connectivity index (χ0v) is 37.4. The van der Waals surface area contributed by atoms with Crippen molar-refractivity contribution in [2.75, 3.05) is 4.90 Å². The second kappa shape index (κ2) is 12.9. The van der Waals surface area contributed by atoms with Crippen molar-refractivity contribution in [2.45, 2.75) is 77.0 Å². The highest BCUT2D eigenvalue weighted by molar-refractivity contribution is 6.13. The molecule has 308 valence electrons. The topological polar surface area (TPSA) is 25.6 Å². The van der Waals surface area contributed by atoms with E-state index < -0.39 is 5.41 Å². The van der Waals surface area contributed by atoms with Crippen molar-refractivity contribution in [3.63, 3.8) is 0 Å². The van der Waals surface area contributed by atoms with Crippen molar-refractivity contribution >= 4 is 39.0 Å². The van der Waals surface area contributed by atoms with Gasteiger partial charge in [-0.2, -0.15) is 0 Å². The van der Waals surface area contributed by atoms with E-state index >= 15 is 0 Å². The van der Waals surface area contributed by atoms with Crippen molar-refractivity contribution in [3.8, 4) is 33.8 Å². The Labute approximate surface area is 370 Å². The summed E-state index contributed by atoms with van der Waals surface area (Å²) in [6, 6.07) is 61.0. The molecule has 0 unspecified atom stereocenters. The lowest BCUT2D eigenvalue weighted by Gasteiger charge is -2.41. The molecule has 9 aromatic rings. The lowest BCUT2D eigenvalue weighted by Crippen LogP contribution is -2.33. The molecule has 0 atom stereocenters. The molecule has 1 aromatic heterocycles. The Hall–Kier alpha value is -6.84. The van der Waals surface area contributed by atoms with E-state index in [1.165, 1.54) is 66.8 Å². The number of benzene rings is 8. The van der Waals surface area contributed by atoms with Gasteiger partial charge in [0, 0.05) is 33.3 Å². The third-order valence-corrected chi connectivity index (χ3v) is 14.5. The fourth-order valence-electron chi connectivity index (χ4n) is 11.2. The molecule has 0 N–H and O–H groups in total. The van der Waals surface area contributed by atoms with Gasteiger partial charge in [0.1, 0.15) is 22.7 Å². The Kier molecular flexibility index (Phi) is 7.73. The number of fused-ring (bicyclic) bond motifs is 15. The van der Waals surface area contributed by atoms with E-state index in [1.54, 1.807) is 0 Å². The van der Waals surface area contributed by atoms with E-state index in [0.29, 0.717) is 0 Å². The zero-order chi connectivity index (χ0) is 43.2. The van der Waals surface area contributed by atoms with E-state index in [9.17, 15) is 0 Å². The van der Waals surface area contributed by atoms with Gasteiger partial charge in [0.25, 0.3) is 0 Å². The van der Waals surface area contributed by atoms with Gasteiger partial charge in [-0.1, -0.05) is 152 Å². The number of hydrogen-bond donors (Lipinski definition) is 0. The number of para-hydroxylation sites is 1. The molecule has 63 heavy (non-hydrogen) atoms. The molecule has 1 spiro atoms. The number of anilines is 3. The maximum absolute atomic E-state index is 6.99. The molecule has 0 bridgehead atoms. The summed E-state index contributed by atoms with van der Waals surface area (Å²) >= 11 is 0. The Morgan fingerprint density at radius 3 is 1.60 bits per heavy atom. The smallest absolute Gasteiger partial charge is 0.137 e. The van der Waals surface area contributed by atoms with Crippen molar-refractivity contribution in [3.05, 3.63) is 208 Å². The maximum atomic E-state index is 6.99. The van der Waals surface area contributed by atoms with E-state index in [0.717, 1.165) is 50.5 Å². The molecule has 0 saturated carbocycles. The molecule has 2 aliphatic carbocycles. The highest BCUT2D eigenvalue weighted by atomic mass is 16.5. The van der Waals surface area contributed by atoms with Crippen LogP contribution in [0.3, 0.4) is 0 Å². The molecular formula is C60H51NO2. The Morgan fingerprint density at radius 1 is 0.429 bits per heavy atom. The summed E-state index contributed by atoms with van der Waals surface area (Å²) in [6.45, 7) is 18.6. The Morgan fingerprint density at radius 2 is 0.952 bits per heavy atom. The number of ether oxygens (including phenoxy) is 1. The van der Waals surface area contributed by atoms with Gasteiger partial charge in [0.05, 0.1) is 16.5 Å². The molecule has 3 nitrogen and oxygen atoms in total. The molecule has 0 saturated heterocycles. The second-order valence-electron chi connectivity index (χ2n) is 20.5. The summed E-state index contributed by atoms with van der Waals surface area (Å²) < 4.78 is 13.6. The fourth-order valence-corrected chi connectivity index (χ4v) is 11.2. The third kappa shape index (κ3) is 5.26. The molecule has 2 heterocycles. The van der Waals surface area contributed by atoms with Gasteiger partial charge in [-0.15, -0.1) is 0 Å². The van der Waals surface area contributed by atoms with E-state index in [4.69, 9.17) is 9.15 Å². The molecule has 8 aromatic carbocycles. The maximum Gasteiger partial charge on any atom is 0.137 e.